The Morgan fingerprint density at radius 3 is 2.15 bits per heavy atom. The van der Waals surface area contributed by atoms with E-state index in [4.69, 9.17) is 9.47 Å². The third kappa shape index (κ3) is 9.87. The molecule has 0 radical (unpaired) electrons. The molecule has 0 amide bonds. The van der Waals surface area contributed by atoms with Gasteiger partial charge in [0.1, 0.15) is 5.75 Å². The van der Waals surface area contributed by atoms with E-state index in [-0.39, 0.29) is 10.6 Å². The van der Waals surface area contributed by atoms with Crippen LogP contribution in [0.2, 0.25) is 0 Å². The lowest BCUT2D eigenvalue weighted by Crippen LogP contribution is -2.07. The highest BCUT2D eigenvalue weighted by molar-refractivity contribution is 7.91. The summed E-state index contributed by atoms with van der Waals surface area (Å²) in [6.45, 7) is 8.62. The van der Waals surface area contributed by atoms with Crippen molar-refractivity contribution in [2.24, 2.45) is 16.1 Å². The van der Waals surface area contributed by atoms with Gasteiger partial charge in [0.25, 0.3) is 0 Å². The summed E-state index contributed by atoms with van der Waals surface area (Å²) in [7, 11) is -3.36. The second-order valence-electron chi connectivity index (χ2n) is 8.12. The molecular weight excluding hydrogens is 452 g/mol. The normalized spacial score (nSPS) is 12.4. The average molecular weight is 487 g/mol. The second-order valence-corrected chi connectivity index (χ2v) is 10.2. The van der Waals surface area contributed by atoms with Gasteiger partial charge in [0, 0.05) is 6.08 Å². The van der Waals surface area contributed by atoms with Crippen LogP contribution in [0.25, 0.3) is 0 Å². The largest absolute Gasteiger partial charge is 0.493 e. The standard InChI is InChI=1S/C26H34N2O5S/c1-4-21(3)20-33-24-14-10-22(11-15-24)27-28-23-12-16-25(17-13-23)34(30,31)19-9-7-6-8-18-32-26(29)5-2/h5,10-17,21H,2,4,6-9,18-20H2,1,3H3/t21-/m1/s1. The molecule has 1 atom stereocenters. The van der Waals surface area contributed by atoms with E-state index in [9.17, 15) is 13.2 Å². The van der Waals surface area contributed by atoms with E-state index >= 15 is 0 Å². The summed E-state index contributed by atoms with van der Waals surface area (Å²) in [5.41, 5.74) is 1.26. The number of hydrogen-bond donors (Lipinski definition) is 0. The number of carbonyl (C=O) groups is 1. The average Bonchev–Trinajstić information content (AvgIpc) is 2.86. The zero-order valence-electron chi connectivity index (χ0n) is 20.0. The van der Waals surface area contributed by atoms with Crippen molar-refractivity contribution in [3.05, 3.63) is 61.2 Å². The summed E-state index contributed by atoms with van der Waals surface area (Å²) in [5, 5.41) is 8.39. The summed E-state index contributed by atoms with van der Waals surface area (Å²) in [6, 6.07) is 13.8. The first-order chi connectivity index (χ1) is 16.3. The van der Waals surface area contributed by atoms with E-state index in [1.807, 2.05) is 24.3 Å². The molecule has 0 fully saturated rings. The second kappa shape index (κ2) is 14.3. The third-order valence-electron chi connectivity index (χ3n) is 5.26. The van der Waals surface area contributed by atoms with Crippen LogP contribution < -0.4 is 4.74 Å². The Balaban J connectivity index is 1.79. The molecule has 0 unspecified atom stereocenters. The highest BCUT2D eigenvalue weighted by Crippen LogP contribution is 2.23. The van der Waals surface area contributed by atoms with Gasteiger partial charge in [0.05, 0.1) is 35.2 Å². The molecule has 2 aromatic carbocycles. The first kappa shape index (κ1) is 27.2. The number of carbonyl (C=O) groups excluding carboxylic acids is 1. The molecule has 2 aromatic rings. The van der Waals surface area contributed by atoms with Gasteiger partial charge in [-0.05, 0) is 67.3 Å². The van der Waals surface area contributed by atoms with E-state index in [0.717, 1.165) is 31.1 Å². The minimum Gasteiger partial charge on any atom is -0.493 e. The number of ether oxygens (including phenoxy) is 2. The molecule has 0 saturated heterocycles. The quantitative estimate of drug-likeness (QED) is 0.122. The van der Waals surface area contributed by atoms with E-state index in [1.165, 1.54) is 0 Å². The van der Waals surface area contributed by atoms with Gasteiger partial charge in [-0.2, -0.15) is 10.2 Å². The van der Waals surface area contributed by atoms with Crippen molar-refractivity contribution in [2.75, 3.05) is 19.0 Å². The fraction of sp³-hybridized carbons (Fsp3) is 0.423. The van der Waals surface area contributed by atoms with Crippen LogP contribution in [0.3, 0.4) is 0 Å². The van der Waals surface area contributed by atoms with Crippen molar-refractivity contribution in [3.8, 4) is 5.75 Å². The van der Waals surface area contributed by atoms with Crippen LogP contribution in [0.15, 0.2) is 76.3 Å². The van der Waals surface area contributed by atoms with Gasteiger partial charge >= 0.3 is 5.97 Å². The number of hydrogen-bond acceptors (Lipinski definition) is 7. The SMILES string of the molecule is C=CC(=O)OCCCCCCS(=O)(=O)c1ccc(N=Nc2ccc(OC[C@H](C)CC)cc2)cc1. The van der Waals surface area contributed by atoms with E-state index in [2.05, 4.69) is 30.7 Å². The molecular formula is C26H34N2O5S. The Kier molecular flexibility index (Phi) is 11.5. The van der Waals surface area contributed by atoms with Crippen LogP contribution >= 0.6 is 0 Å². The topological polar surface area (TPSA) is 94.4 Å². The maximum absolute atomic E-state index is 12.5. The fourth-order valence-electron chi connectivity index (χ4n) is 2.90. The minimum absolute atomic E-state index is 0.0752. The van der Waals surface area contributed by atoms with E-state index < -0.39 is 15.8 Å². The maximum atomic E-state index is 12.5. The van der Waals surface area contributed by atoms with Crippen molar-refractivity contribution < 1.29 is 22.7 Å². The number of esters is 1. The van der Waals surface area contributed by atoms with Crippen LogP contribution in [0, 0.1) is 5.92 Å². The maximum Gasteiger partial charge on any atom is 0.330 e. The molecule has 2 rings (SSSR count). The molecule has 0 aromatic heterocycles. The molecule has 0 N–H and O–H groups in total. The lowest BCUT2D eigenvalue weighted by Gasteiger charge is -2.10. The summed E-state index contributed by atoms with van der Waals surface area (Å²) < 4.78 is 35.7. The molecule has 34 heavy (non-hydrogen) atoms. The Morgan fingerprint density at radius 1 is 0.971 bits per heavy atom. The fourth-order valence-corrected chi connectivity index (χ4v) is 4.27. The zero-order valence-corrected chi connectivity index (χ0v) is 20.8. The number of unbranched alkanes of at least 4 members (excludes halogenated alkanes) is 3. The van der Waals surface area contributed by atoms with Gasteiger partial charge in [-0.25, -0.2) is 13.2 Å². The first-order valence-electron chi connectivity index (χ1n) is 11.6. The lowest BCUT2D eigenvalue weighted by atomic mass is 10.1. The number of sulfone groups is 1. The van der Waals surface area contributed by atoms with Gasteiger partial charge in [-0.3, -0.25) is 0 Å². The van der Waals surface area contributed by atoms with Crippen LogP contribution in [0.1, 0.15) is 46.0 Å². The van der Waals surface area contributed by atoms with Crippen molar-refractivity contribution >= 4 is 27.2 Å². The van der Waals surface area contributed by atoms with Crippen LogP contribution in [-0.4, -0.2) is 33.4 Å². The predicted molar refractivity (Wildman–Crippen MR) is 134 cm³/mol. The van der Waals surface area contributed by atoms with Crippen LogP contribution in [0.4, 0.5) is 11.4 Å². The van der Waals surface area contributed by atoms with E-state index in [1.54, 1.807) is 24.3 Å². The highest BCUT2D eigenvalue weighted by atomic mass is 32.2. The summed E-state index contributed by atoms with van der Waals surface area (Å²) in [4.78, 5) is 11.2. The molecule has 0 saturated carbocycles. The van der Waals surface area contributed by atoms with Crippen LogP contribution in [0.5, 0.6) is 5.75 Å². The van der Waals surface area contributed by atoms with Gasteiger partial charge < -0.3 is 9.47 Å². The van der Waals surface area contributed by atoms with Crippen molar-refractivity contribution in [1.29, 1.82) is 0 Å². The molecule has 0 aliphatic carbocycles. The smallest absolute Gasteiger partial charge is 0.330 e. The number of rotatable bonds is 15. The molecule has 8 heteroatoms. The molecule has 0 spiro atoms. The summed E-state index contributed by atoms with van der Waals surface area (Å²) in [5.74, 6) is 0.938. The number of azo groups is 1. The van der Waals surface area contributed by atoms with Crippen molar-refractivity contribution in [1.82, 2.24) is 0 Å². The Labute approximate surface area is 202 Å². The highest BCUT2D eigenvalue weighted by Gasteiger charge is 2.13. The Bertz CT molecular complexity index is 1030. The van der Waals surface area contributed by atoms with Crippen LogP contribution in [-0.2, 0) is 19.4 Å². The van der Waals surface area contributed by atoms with Gasteiger partial charge in [-0.15, -0.1) is 0 Å². The first-order valence-corrected chi connectivity index (χ1v) is 13.3. The third-order valence-corrected chi connectivity index (χ3v) is 7.08. The van der Waals surface area contributed by atoms with Gasteiger partial charge in [-0.1, -0.05) is 39.7 Å². The molecule has 184 valence electrons. The van der Waals surface area contributed by atoms with E-state index in [0.29, 0.717) is 43.3 Å². The Hall–Kier alpha value is -3.00. The van der Waals surface area contributed by atoms with Gasteiger partial charge in [0.15, 0.2) is 9.84 Å². The molecule has 7 nitrogen and oxygen atoms in total. The molecule has 0 heterocycles. The lowest BCUT2D eigenvalue weighted by molar-refractivity contribution is -0.137. The monoisotopic (exact) mass is 486 g/mol. The molecule has 0 aliphatic rings. The number of nitrogens with zero attached hydrogens (tertiary/aromatic N) is 2. The minimum atomic E-state index is -3.36. The Morgan fingerprint density at radius 2 is 1.56 bits per heavy atom. The zero-order chi connectivity index (χ0) is 24.8. The summed E-state index contributed by atoms with van der Waals surface area (Å²) >= 11 is 0. The summed E-state index contributed by atoms with van der Waals surface area (Å²) in [6.07, 6.45) is 5.00. The predicted octanol–water partition coefficient (Wildman–Crippen LogP) is 6.59. The molecule has 0 bridgehead atoms. The van der Waals surface area contributed by atoms with Gasteiger partial charge in [0.2, 0.25) is 0 Å². The van der Waals surface area contributed by atoms with Crippen molar-refractivity contribution in [2.45, 2.75) is 50.8 Å². The molecule has 0 aliphatic heterocycles. The van der Waals surface area contributed by atoms with Crippen molar-refractivity contribution in [3.63, 3.8) is 0 Å². The number of benzene rings is 2.